The molecular formula is C37H44O5. The van der Waals surface area contributed by atoms with E-state index in [1.165, 1.54) is 22.8 Å². The second-order valence-corrected chi connectivity index (χ2v) is 10.5. The first kappa shape index (κ1) is 32.4. The Morgan fingerprint density at radius 1 is 0.667 bits per heavy atom. The van der Waals surface area contributed by atoms with Crippen molar-refractivity contribution in [2.24, 2.45) is 0 Å². The van der Waals surface area contributed by atoms with Gasteiger partial charge in [0.1, 0.15) is 5.75 Å². The number of esters is 2. The molecule has 222 valence electrons. The van der Waals surface area contributed by atoms with Crippen molar-refractivity contribution in [2.75, 3.05) is 19.8 Å². The van der Waals surface area contributed by atoms with E-state index in [-0.39, 0.29) is 11.9 Å². The van der Waals surface area contributed by atoms with Crippen molar-refractivity contribution in [1.29, 1.82) is 0 Å². The predicted octanol–water partition coefficient (Wildman–Crippen LogP) is 8.77. The number of hydrogen-bond donors (Lipinski definition) is 0. The van der Waals surface area contributed by atoms with Gasteiger partial charge in [0.2, 0.25) is 0 Å². The Morgan fingerprint density at radius 2 is 1.24 bits per heavy atom. The summed E-state index contributed by atoms with van der Waals surface area (Å²) >= 11 is 0. The molecule has 3 rings (SSSR count). The van der Waals surface area contributed by atoms with Crippen LogP contribution in [0.25, 0.3) is 17.2 Å². The minimum Gasteiger partial charge on any atom is -0.494 e. The van der Waals surface area contributed by atoms with Gasteiger partial charge in [0.05, 0.1) is 19.8 Å². The van der Waals surface area contributed by atoms with E-state index in [2.05, 4.69) is 43.0 Å². The van der Waals surface area contributed by atoms with Gasteiger partial charge in [-0.05, 0) is 92.3 Å². The van der Waals surface area contributed by atoms with Crippen molar-refractivity contribution in [3.8, 4) is 16.9 Å². The maximum absolute atomic E-state index is 11.8. The third kappa shape index (κ3) is 13.0. The van der Waals surface area contributed by atoms with E-state index in [1.54, 1.807) is 13.0 Å². The molecule has 0 aliphatic carbocycles. The molecule has 0 aliphatic rings. The summed E-state index contributed by atoms with van der Waals surface area (Å²) in [6, 6.07) is 26.7. The molecule has 0 radical (unpaired) electrons. The Morgan fingerprint density at radius 3 is 1.88 bits per heavy atom. The van der Waals surface area contributed by atoms with Gasteiger partial charge in [0.15, 0.2) is 0 Å². The molecule has 0 atom stereocenters. The van der Waals surface area contributed by atoms with Gasteiger partial charge in [0, 0.05) is 11.6 Å². The molecule has 0 saturated heterocycles. The van der Waals surface area contributed by atoms with E-state index in [1.807, 2.05) is 42.5 Å². The van der Waals surface area contributed by atoms with Crippen LogP contribution in [0.3, 0.4) is 0 Å². The Labute approximate surface area is 251 Å². The van der Waals surface area contributed by atoms with Crippen LogP contribution >= 0.6 is 0 Å². The zero-order valence-electron chi connectivity index (χ0n) is 24.9. The van der Waals surface area contributed by atoms with Crippen molar-refractivity contribution >= 4 is 18.0 Å². The topological polar surface area (TPSA) is 61.8 Å². The fourth-order valence-electron chi connectivity index (χ4n) is 4.38. The standard InChI is InChI=1S/C37H44O5/c1-30(2)37(39)42-29-13-4-3-8-16-32-17-20-33(21-18-32)34-22-24-35(25-23-34)40-27-11-5-6-12-28-41-36(38)26-19-31-14-9-7-10-15-31/h7,9-10,14-15,17-26H,1,3-6,8,11-13,16,27-29H2,2H3/b26-19+. The first-order chi connectivity index (χ1) is 20.5. The van der Waals surface area contributed by atoms with Crippen LogP contribution in [0.15, 0.2) is 97.1 Å². The number of unbranched alkanes of at least 4 members (excludes halogenated alkanes) is 6. The Bertz CT molecular complexity index is 1240. The largest absolute Gasteiger partial charge is 0.494 e. The highest BCUT2D eigenvalue weighted by Gasteiger charge is 2.03. The molecule has 3 aromatic carbocycles. The van der Waals surface area contributed by atoms with E-state index in [9.17, 15) is 9.59 Å². The lowest BCUT2D eigenvalue weighted by atomic mass is 10.0. The minimum atomic E-state index is -0.300. The van der Waals surface area contributed by atoms with E-state index in [0.717, 1.165) is 69.1 Å². The zero-order valence-corrected chi connectivity index (χ0v) is 24.9. The average molecular weight is 569 g/mol. The van der Waals surface area contributed by atoms with E-state index in [4.69, 9.17) is 14.2 Å². The Hall–Kier alpha value is -4.12. The molecule has 0 bridgehead atoms. The number of rotatable bonds is 19. The number of hydrogen-bond acceptors (Lipinski definition) is 5. The van der Waals surface area contributed by atoms with Crippen LogP contribution in [0, 0.1) is 0 Å². The van der Waals surface area contributed by atoms with Crippen molar-refractivity contribution < 1.29 is 23.8 Å². The quantitative estimate of drug-likeness (QED) is 0.0822. The van der Waals surface area contributed by atoms with Gasteiger partial charge in [-0.3, -0.25) is 0 Å². The monoisotopic (exact) mass is 568 g/mol. The second kappa shape index (κ2) is 19.1. The summed E-state index contributed by atoms with van der Waals surface area (Å²) in [6.07, 6.45) is 12.3. The van der Waals surface area contributed by atoms with Crippen molar-refractivity contribution in [3.05, 3.63) is 108 Å². The number of carbonyl (C=O) groups is 2. The maximum Gasteiger partial charge on any atom is 0.333 e. The summed E-state index contributed by atoms with van der Waals surface area (Å²) in [5.41, 5.74) is 5.14. The summed E-state index contributed by atoms with van der Waals surface area (Å²) in [6.45, 7) is 6.84. The lowest BCUT2D eigenvalue weighted by Gasteiger charge is -2.08. The Balaban J connectivity index is 1.22. The SMILES string of the molecule is C=C(C)C(=O)OCCCCCCc1ccc(-c2ccc(OCCCCCCOC(=O)/C=C/c3ccccc3)cc2)cc1. The van der Waals surface area contributed by atoms with Gasteiger partial charge in [0.25, 0.3) is 0 Å². The highest BCUT2D eigenvalue weighted by atomic mass is 16.5. The van der Waals surface area contributed by atoms with Crippen molar-refractivity contribution in [3.63, 3.8) is 0 Å². The molecule has 0 amide bonds. The van der Waals surface area contributed by atoms with Crippen molar-refractivity contribution in [1.82, 2.24) is 0 Å². The van der Waals surface area contributed by atoms with Crippen LogP contribution in [0.2, 0.25) is 0 Å². The van der Waals surface area contributed by atoms with Crippen LogP contribution in [-0.2, 0) is 25.5 Å². The van der Waals surface area contributed by atoms with Crippen LogP contribution in [0.4, 0.5) is 0 Å². The fraction of sp³-hybridized carbons (Fsp3) is 0.351. The number of carbonyl (C=O) groups excluding carboxylic acids is 2. The van der Waals surface area contributed by atoms with Gasteiger partial charge in [-0.25, -0.2) is 9.59 Å². The maximum atomic E-state index is 11.8. The predicted molar refractivity (Wildman–Crippen MR) is 170 cm³/mol. The smallest absolute Gasteiger partial charge is 0.333 e. The molecule has 5 heteroatoms. The summed E-state index contributed by atoms with van der Waals surface area (Å²) in [5.74, 6) is 0.278. The molecule has 3 aromatic rings. The first-order valence-corrected chi connectivity index (χ1v) is 15.1. The van der Waals surface area contributed by atoms with Crippen LogP contribution in [-0.4, -0.2) is 31.8 Å². The molecule has 0 fully saturated rings. The van der Waals surface area contributed by atoms with Crippen molar-refractivity contribution in [2.45, 2.75) is 64.7 Å². The highest BCUT2D eigenvalue weighted by molar-refractivity contribution is 5.87. The number of aryl methyl sites for hydroxylation is 1. The lowest BCUT2D eigenvalue weighted by molar-refractivity contribution is -0.139. The van der Waals surface area contributed by atoms with E-state index < -0.39 is 0 Å². The normalized spacial score (nSPS) is 10.9. The van der Waals surface area contributed by atoms with Gasteiger partial charge < -0.3 is 14.2 Å². The third-order valence-electron chi connectivity index (χ3n) is 6.85. The fourth-order valence-corrected chi connectivity index (χ4v) is 4.38. The molecule has 5 nitrogen and oxygen atoms in total. The average Bonchev–Trinajstić information content (AvgIpc) is 3.01. The Kier molecular flexibility index (Phi) is 14.7. The molecule has 0 saturated carbocycles. The third-order valence-corrected chi connectivity index (χ3v) is 6.85. The van der Waals surface area contributed by atoms with Crippen LogP contribution < -0.4 is 4.74 Å². The molecule has 0 heterocycles. The zero-order chi connectivity index (χ0) is 29.8. The molecule has 0 N–H and O–H groups in total. The molecule has 0 aliphatic heterocycles. The second-order valence-electron chi connectivity index (χ2n) is 10.5. The molecular weight excluding hydrogens is 524 g/mol. The first-order valence-electron chi connectivity index (χ1n) is 15.1. The van der Waals surface area contributed by atoms with Crippen LogP contribution in [0.5, 0.6) is 5.75 Å². The van der Waals surface area contributed by atoms with E-state index in [0.29, 0.717) is 25.4 Å². The van der Waals surface area contributed by atoms with Gasteiger partial charge >= 0.3 is 11.9 Å². The van der Waals surface area contributed by atoms with Gasteiger partial charge in [-0.15, -0.1) is 0 Å². The number of benzene rings is 3. The van der Waals surface area contributed by atoms with E-state index >= 15 is 0 Å². The van der Waals surface area contributed by atoms with Gasteiger partial charge in [-0.1, -0.05) is 86.2 Å². The minimum absolute atomic E-state index is 0.300. The summed E-state index contributed by atoms with van der Waals surface area (Å²) in [4.78, 5) is 23.2. The molecule has 42 heavy (non-hydrogen) atoms. The number of ether oxygens (including phenoxy) is 3. The summed E-state index contributed by atoms with van der Waals surface area (Å²) < 4.78 is 16.3. The summed E-state index contributed by atoms with van der Waals surface area (Å²) in [7, 11) is 0. The van der Waals surface area contributed by atoms with Gasteiger partial charge in [-0.2, -0.15) is 0 Å². The molecule has 0 unspecified atom stereocenters. The highest BCUT2D eigenvalue weighted by Crippen LogP contribution is 2.23. The summed E-state index contributed by atoms with van der Waals surface area (Å²) in [5, 5.41) is 0. The molecule has 0 spiro atoms. The van der Waals surface area contributed by atoms with Crippen LogP contribution in [0.1, 0.15) is 69.4 Å². The molecule has 0 aromatic heterocycles. The lowest BCUT2D eigenvalue weighted by Crippen LogP contribution is -2.06.